The molecule has 124 valence electrons. The van der Waals surface area contributed by atoms with Crippen molar-refractivity contribution in [3.63, 3.8) is 0 Å². The van der Waals surface area contributed by atoms with Crippen molar-refractivity contribution in [3.05, 3.63) is 76.7 Å². The molecule has 25 heavy (non-hydrogen) atoms. The van der Waals surface area contributed by atoms with Gasteiger partial charge < -0.3 is 9.84 Å². The van der Waals surface area contributed by atoms with Gasteiger partial charge in [0.2, 0.25) is 0 Å². The molecule has 0 spiro atoms. The van der Waals surface area contributed by atoms with Crippen LogP contribution in [-0.4, -0.2) is 15.9 Å². The zero-order chi connectivity index (χ0) is 17.6. The standard InChI is InChI=1S/C20H14FNO3/c1-11-2-5-18-16(6-11)19-13(10-25-18)7-12(9-22-19)20(24)15-8-14(21)3-4-17(15)23/h2-9,23H,10H2,1H3. The van der Waals surface area contributed by atoms with E-state index in [4.69, 9.17) is 4.74 Å². The van der Waals surface area contributed by atoms with Crippen molar-refractivity contribution in [1.82, 2.24) is 4.98 Å². The first-order valence-corrected chi connectivity index (χ1v) is 7.79. The molecule has 0 atom stereocenters. The van der Waals surface area contributed by atoms with Gasteiger partial charge in [-0.05, 0) is 43.3 Å². The molecule has 2 heterocycles. The Bertz CT molecular complexity index is 1010. The van der Waals surface area contributed by atoms with Gasteiger partial charge in [0.1, 0.15) is 23.9 Å². The van der Waals surface area contributed by atoms with Crippen molar-refractivity contribution in [2.45, 2.75) is 13.5 Å². The molecule has 0 saturated heterocycles. The number of hydrogen-bond donors (Lipinski definition) is 1. The number of aromatic nitrogens is 1. The highest BCUT2D eigenvalue weighted by Gasteiger charge is 2.22. The fourth-order valence-corrected chi connectivity index (χ4v) is 2.94. The Labute approximate surface area is 143 Å². The van der Waals surface area contributed by atoms with E-state index in [-0.39, 0.29) is 16.9 Å². The summed E-state index contributed by atoms with van der Waals surface area (Å²) in [5.74, 6) is -0.573. The Morgan fingerprint density at radius 2 is 2.04 bits per heavy atom. The summed E-state index contributed by atoms with van der Waals surface area (Å²) in [6, 6.07) is 10.8. The van der Waals surface area contributed by atoms with Crippen molar-refractivity contribution >= 4 is 5.78 Å². The molecule has 3 aromatic rings. The number of nitrogens with zero attached hydrogens (tertiary/aromatic N) is 1. The minimum absolute atomic E-state index is 0.0882. The minimum atomic E-state index is -0.584. The molecule has 1 aliphatic heterocycles. The summed E-state index contributed by atoms with van der Waals surface area (Å²) in [5, 5.41) is 9.83. The molecule has 4 rings (SSSR count). The number of pyridine rings is 1. The van der Waals surface area contributed by atoms with E-state index in [1.807, 2.05) is 25.1 Å². The molecule has 2 aromatic carbocycles. The van der Waals surface area contributed by atoms with Crippen molar-refractivity contribution in [3.8, 4) is 22.8 Å². The van der Waals surface area contributed by atoms with Crippen LogP contribution in [0.3, 0.4) is 0 Å². The van der Waals surface area contributed by atoms with E-state index >= 15 is 0 Å². The molecule has 5 heteroatoms. The van der Waals surface area contributed by atoms with Crippen LogP contribution in [-0.2, 0) is 6.61 Å². The van der Waals surface area contributed by atoms with E-state index in [2.05, 4.69) is 4.98 Å². The second-order valence-electron chi connectivity index (χ2n) is 6.01. The number of aromatic hydroxyl groups is 1. The van der Waals surface area contributed by atoms with Crippen LogP contribution in [0.5, 0.6) is 11.5 Å². The van der Waals surface area contributed by atoms with E-state index in [9.17, 15) is 14.3 Å². The molecular formula is C20H14FNO3. The Hall–Kier alpha value is -3.21. The van der Waals surface area contributed by atoms with Crippen molar-refractivity contribution < 1.29 is 19.0 Å². The summed E-state index contributed by atoms with van der Waals surface area (Å²) in [4.78, 5) is 17.0. The third kappa shape index (κ3) is 2.63. The normalized spacial score (nSPS) is 12.1. The highest BCUT2D eigenvalue weighted by atomic mass is 19.1. The monoisotopic (exact) mass is 335 g/mol. The topological polar surface area (TPSA) is 59.4 Å². The number of rotatable bonds is 2. The van der Waals surface area contributed by atoms with Gasteiger partial charge in [0.25, 0.3) is 0 Å². The maximum atomic E-state index is 13.4. The molecule has 0 radical (unpaired) electrons. The molecule has 0 amide bonds. The number of carbonyl (C=O) groups is 1. The number of carbonyl (C=O) groups excluding carboxylic acids is 1. The summed E-state index contributed by atoms with van der Waals surface area (Å²) in [5.41, 5.74) is 3.70. The molecule has 4 nitrogen and oxygen atoms in total. The summed E-state index contributed by atoms with van der Waals surface area (Å²) < 4.78 is 19.1. The number of ketones is 1. The van der Waals surface area contributed by atoms with Crippen LogP contribution in [0.2, 0.25) is 0 Å². The van der Waals surface area contributed by atoms with Gasteiger partial charge in [0.15, 0.2) is 5.78 Å². The van der Waals surface area contributed by atoms with Gasteiger partial charge in [-0.15, -0.1) is 0 Å². The van der Waals surface area contributed by atoms with Gasteiger partial charge in [-0.25, -0.2) is 4.39 Å². The first-order chi connectivity index (χ1) is 12.0. The summed E-state index contributed by atoms with van der Waals surface area (Å²) >= 11 is 0. The van der Waals surface area contributed by atoms with Gasteiger partial charge in [-0.3, -0.25) is 9.78 Å². The van der Waals surface area contributed by atoms with Gasteiger partial charge in [0.05, 0.1) is 11.3 Å². The molecule has 0 unspecified atom stereocenters. The SMILES string of the molecule is Cc1ccc2c(c1)-c1ncc(C(=O)c3cc(F)ccc3O)cc1CO2. The van der Waals surface area contributed by atoms with Crippen LogP contribution in [0.15, 0.2) is 48.7 Å². The molecule has 0 bridgehead atoms. The minimum Gasteiger partial charge on any atom is -0.507 e. The lowest BCUT2D eigenvalue weighted by Crippen LogP contribution is -2.10. The van der Waals surface area contributed by atoms with Crippen LogP contribution in [0, 0.1) is 12.7 Å². The van der Waals surface area contributed by atoms with E-state index in [0.29, 0.717) is 6.61 Å². The highest BCUT2D eigenvalue weighted by Crippen LogP contribution is 2.37. The first kappa shape index (κ1) is 15.3. The van der Waals surface area contributed by atoms with Gasteiger partial charge in [0, 0.05) is 22.9 Å². The number of hydrogen-bond acceptors (Lipinski definition) is 4. The third-order valence-electron chi connectivity index (χ3n) is 4.21. The molecule has 1 aromatic heterocycles. The molecule has 1 N–H and O–H groups in total. The predicted molar refractivity (Wildman–Crippen MR) is 90.2 cm³/mol. The second-order valence-corrected chi connectivity index (χ2v) is 6.01. The van der Waals surface area contributed by atoms with Crippen molar-refractivity contribution in [1.29, 1.82) is 0 Å². The van der Waals surface area contributed by atoms with E-state index in [1.165, 1.54) is 6.20 Å². The summed E-state index contributed by atoms with van der Waals surface area (Å²) in [6.45, 7) is 2.29. The number of phenolic OH excluding ortho intramolecular Hbond substituents is 1. The number of aryl methyl sites for hydroxylation is 1. The Kier molecular flexibility index (Phi) is 3.50. The lowest BCUT2D eigenvalue weighted by molar-refractivity contribution is 0.103. The molecular weight excluding hydrogens is 321 g/mol. The van der Waals surface area contributed by atoms with Crippen LogP contribution in [0.1, 0.15) is 27.0 Å². The Morgan fingerprint density at radius 1 is 1.20 bits per heavy atom. The lowest BCUT2D eigenvalue weighted by atomic mass is 9.97. The van der Waals surface area contributed by atoms with Crippen molar-refractivity contribution in [2.75, 3.05) is 0 Å². The number of halogens is 1. The quantitative estimate of drug-likeness (QED) is 0.719. The van der Waals surface area contributed by atoms with E-state index in [1.54, 1.807) is 6.07 Å². The number of fused-ring (bicyclic) bond motifs is 3. The Morgan fingerprint density at radius 3 is 2.88 bits per heavy atom. The average Bonchev–Trinajstić information content (AvgIpc) is 2.62. The number of benzene rings is 2. The second kappa shape index (κ2) is 5.70. The largest absolute Gasteiger partial charge is 0.507 e. The first-order valence-electron chi connectivity index (χ1n) is 7.79. The van der Waals surface area contributed by atoms with Crippen LogP contribution in [0.25, 0.3) is 11.3 Å². The molecule has 0 saturated carbocycles. The van der Waals surface area contributed by atoms with Crippen LogP contribution >= 0.6 is 0 Å². The zero-order valence-electron chi connectivity index (χ0n) is 13.4. The fraction of sp³-hybridized carbons (Fsp3) is 0.100. The van der Waals surface area contributed by atoms with Crippen molar-refractivity contribution in [2.24, 2.45) is 0 Å². The van der Waals surface area contributed by atoms with Gasteiger partial charge in [-0.2, -0.15) is 0 Å². The predicted octanol–water partition coefficient (Wildman–Crippen LogP) is 4.03. The highest BCUT2D eigenvalue weighted by molar-refractivity contribution is 6.10. The smallest absolute Gasteiger partial charge is 0.198 e. The maximum Gasteiger partial charge on any atom is 0.198 e. The van der Waals surface area contributed by atoms with Gasteiger partial charge >= 0.3 is 0 Å². The average molecular weight is 335 g/mol. The van der Waals surface area contributed by atoms with Gasteiger partial charge in [-0.1, -0.05) is 11.6 Å². The molecule has 0 fully saturated rings. The Balaban J connectivity index is 1.78. The van der Waals surface area contributed by atoms with E-state index in [0.717, 1.165) is 46.3 Å². The molecule has 1 aliphatic rings. The molecule has 0 aliphatic carbocycles. The summed E-state index contributed by atoms with van der Waals surface area (Å²) in [6.07, 6.45) is 1.45. The van der Waals surface area contributed by atoms with Crippen LogP contribution < -0.4 is 4.74 Å². The zero-order valence-corrected chi connectivity index (χ0v) is 13.4. The maximum absolute atomic E-state index is 13.4. The lowest BCUT2D eigenvalue weighted by Gasteiger charge is -2.20. The summed E-state index contributed by atoms with van der Waals surface area (Å²) in [7, 11) is 0. The third-order valence-corrected chi connectivity index (χ3v) is 4.21. The van der Waals surface area contributed by atoms with E-state index < -0.39 is 11.6 Å². The number of ether oxygens (including phenoxy) is 1. The number of phenols is 1. The fourth-order valence-electron chi connectivity index (χ4n) is 2.94. The van der Waals surface area contributed by atoms with Crippen LogP contribution in [0.4, 0.5) is 4.39 Å².